The first-order valence-electron chi connectivity index (χ1n) is 6.38. The summed E-state index contributed by atoms with van der Waals surface area (Å²) >= 11 is 0. The van der Waals surface area contributed by atoms with Crippen molar-refractivity contribution in [2.24, 2.45) is 0 Å². The maximum absolute atomic E-state index is 4.29. The van der Waals surface area contributed by atoms with E-state index in [1.165, 1.54) is 0 Å². The normalized spacial score (nSPS) is 11.6. The third kappa shape index (κ3) is 2.64. The predicted octanol–water partition coefficient (Wildman–Crippen LogP) is 3.22. The zero-order valence-corrected chi connectivity index (χ0v) is 11.1. The molecular formula is C16H14N4. The van der Waals surface area contributed by atoms with E-state index in [0.29, 0.717) is 0 Å². The number of rotatable bonds is 3. The van der Waals surface area contributed by atoms with Crippen LogP contribution in [-0.2, 0) is 0 Å². The summed E-state index contributed by atoms with van der Waals surface area (Å²) in [4.78, 5) is 8.37. The maximum atomic E-state index is 4.29. The van der Waals surface area contributed by atoms with Gasteiger partial charge in [-0.15, -0.1) is 0 Å². The van der Waals surface area contributed by atoms with Crippen LogP contribution in [0.5, 0.6) is 0 Å². The molecule has 4 nitrogen and oxygen atoms in total. The van der Waals surface area contributed by atoms with Gasteiger partial charge in [0.15, 0.2) is 0 Å². The summed E-state index contributed by atoms with van der Waals surface area (Å²) < 4.78 is 1.84. The third-order valence-corrected chi connectivity index (χ3v) is 3.01. The number of benzene rings is 1. The minimum absolute atomic E-state index is 0.892. The van der Waals surface area contributed by atoms with E-state index >= 15 is 0 Å². The van der Waals surface area contributed by atoms with Crippen molar-refractivity contribution in [3.05, 3.63) is 72.6 Å². The first kappa shape index (κ1) is 12.3. The average Bonchev–Trinajstić information content (AvgIpc) is 3.03. The summed E-state index contributed by atoms with van der Waals surface area (Å²) in [7, 11) is 0. The van der Waals surface area contributed by atoms with E-state index in [0.717, 1.165) is 22.5 Å². The van der Waals surface area contributed by atoms with Crippen molar-refractivity contribution in [1.29, 1.82) is 0 Å². The van der Waals surface area contributed by atoms with E-state index in [-0.39, 0.29) is 0 Å². The highest BCUT2D eigenvalue weighted by atomic mass is 15.3. The lowest BCUT2D eigenvalue weighted by molar-refractivity contribution is 0.880. The Bertz CT molecular complexity index is 698. The van der Waals surface area contributed by atoms with Crippen molar-refractivity contribution >= 4 is 11.6 Å². The van der Waals surface area contributed by atoms with Crippen LogP contribution in [0.25, 0.3) is 17.3 Å². The van der Waals surface area contributed by atoms with Crippen LogP contribution in [0.4, 0.5) is 0 Å². The van der Waals surface area contributed by atoms with E-state index in [9.17, 15) is 0 Å². The summed E-state index contributed by atoms with van der Waals surface area (Å²) in [5.41, 5.74) is 4.15. The smallest absolute Gasteiger partial charge is 0.0842 e. The van der Waals surface area contributed by atoms with Crippen LogP contribution >= 0.6 is 0 Å². The van der Waals surface area contributed by atoms with Gasteiger partial charge < -0.3 is 0 Å². The Kier molecular flexibility index (Phi) is 3.37. The van der Waals surface area contributed by atoms with Crippen LogP contribution in [-0.4, -0.2) is 19.7 Å². The molecule has 0 unspecified atom stereocenters. The SMILES string of the molecule is CC(=Cc1ccc(-n2cccn2)cc1)c1cnccn1. The second-order valence-electron chi connectivity index (χ2n) is 4.46. The number of aromatic nitrogens is 4. The highest BCUT2D eigenvalue weighted by molar-refractivity contribution is 5.78. The van der Waals surface area contributed by atoms with Crippen LogP contribution in [0, 0.1) is 0 Å². The molecule has 3 aromatic rings. The highest BCUT2D eigenvalue weighted by Gasteiger charge is 1.99. The van der Waals surface area contributed by atoms with Crippen molar-refractivity contribution in [3.8, 4) is 5.69 Å². The molecule has 0 fully saturated rings. The van der Waals surface area contributed by atoms with Gasteiger partial charge in [-0.3, -0.25) is 9.97 Å². The van der Waals surface area contributed by atoms with Crippen LogP contribution in [0.1, 0.15) is 18.2 Å². The molecule has 0 aliphatic rings. The van der Waals surface area contributed by atoms with Crippen molar-refractivity contribution < 1.29 is 0 Å². The van der Waals surface area contributed by atoms with E-state index in [4.69, 9.17) is 0 Å². The lowest BCUT2D eigenvalue weighted by Crippen LogP contribution is -1.93. The summed E-state index contributed by atoms with van der Waals surface area (Å²) in [6.07, 6.45) is 10.9. The zero-order valence-electron chi connectivity index (χ0n) is 11.1. The molecule has 1 aromatic carbocycles. The quantitative estimate of drug-likeness (QED) is 0.728. The average molecular weight is 262 g/mol. The van der Waals surface area contributed by atoms with Crippen LogP contribution in [0.15, 0.2) is 61.3 Å². The molecule has 0 saturated heterocycles. The summed E-state index contributed by atoms with van der Waals surface area (Å²) in [6.45, 7) is 2.03. The molecule has 0 amide bonds. The Morgan fingerprint density at radius 3 is 2.60 bits per heavy atom. The standard InChI is InChI=1S/C16H14N4/c1-13(16-12-17-8-9-18-16)11-14-3-5-15(6-4-14)20-10-2-7-19-20/h2-12H,1H3. The molecule has 2 heterocycles. The molecular weight excluding hydrogens is 248 g/mol. The van der Waals surface area contributed by atoms with Crippen molar-refractivity contribution in [1.82, 2.24) is 19.7 Å². The highest BCUT2D eigenvalue weighted by Crippen LogP contribution is 2.16. The first-order valence-corrected chi connectivity index (χ1v) is 6.38. The molecule has 3 rings (SSSR count). The number of hydrogen-bond acceptors (Lipinski definition) is 3. The van der Waals surface area contributed by atoms with E-state index in [2.05, 4.69) is 33.3 Å². The second kappa shape index (κ2) is 5.48. The van der Waals surface area contributed by atoms with Gasteiger partial charge in [0.1, 0.15) is 0 Å². The number of allylic oxidation sites excluding steroid dienone is 1. The Hall–Kier alpha value is -2.75. The molecule has 0 aliphatic carbocycles. The van der Waals surface area contributed by atoms with Gasteiger partial charge in [0.05, 0.1) is 17.6 Å². The molecule has 4 heteroatoms. The molecule has 0 radical (unpaired) electrons. The zero-order chi connectivity index (χ0) is 13.8. The Morgan fingerprint density at radius 2 is 1.95 bits per heavy atom. The Morgan fingerprint density at radius 1 is 1.10 bits per heavy atom. The molecule has 0 atom stereocenters. The molecule has 2 aromatic heterocycles. The Labute approximate surface area is 117 Å². The molecule has 0 aliphatic heterocycles. The third-order valence-electron chi connectivity index (χ3n) is 3.01. The Balaban J connectivity index is 1.85. The van der Waals surface area contributed by atoms with Gasteiger partial charge in [-0.25, -0.2) is 4.68 Å². The van der Waals surface area contributed by atoms with Gasteiger partial charge in [0, 0.05) is 24.8 Å². The minimum atomic E-state index is 0.892. The molecule has 98 valence electrons. The van der Waals surface area contributed by atoms with E-state index < -0.39 is 0 Å². The second-order valence-corrected chi connectivity index (χ2v) is 4.46. The van der Waals surface area contributed by atoms with E-state index in [1.54, 1.807) is 24.8 Å². The fourth-order valence-corrected chi connectivity index (χ4v) is 1.97. The lowest BCUT2D eigenvalue weighted by Gasteiger charge is -2.03. The van der Waals surface area contributed by atoms with Gasteiger partial charge >= 0.3 is 0 Å². The lowest BCUT2D eigenvalue weighted by atomic mass is 10.1. The van der Waals surface area contributed by atoms with Crippen molar-refractivity contribution in [3.63, 3.8) is 0 Å². The van der Waals surface area contributed by atoms with Crippen LogP contribution in [0.2, 0.25) is 0 Å². The van der Waals surface area contributed by atoms with Crippen LogP contribution in [0.3, 0.4) is 0 Å². The topological polar surface area (TPSA) is 43.6 Å². The number of hydrogen-bond donors (Lipinski definition) is 0. The monoisotopic (exact) mass is 262 g/mol. The molecule has 0 spiro atoms. The van der Waals surface area contributed by atoms with Gasteiger partial charge in [-0.1, -0.05) is 12.1 Å². The van der Waals surface area contributed by atoms with Gasteiger partial charge in [-0.2, -0.15) is 5.10 Å². The summed E-state index contributed by atoms with van der Waals surface area (Å²) in [5, 5.41) is 4.21. The fourth-order valence-electron chi connectivity index (χ4n) is 1.97. The predicted molar refractivity (Wildman–Crippen MR) is 79.1 cm³/mol. The van der Waals surface area contributed by atoms with Crippen LogP contribution < -0.4 is 0 Å². The van der Waals surface area contributed by atoms with Gasteiger partial charge in [0.2, 0.25) is 0 Å². The van der Waals surface area contributed by atoms with Gasteiger partial charge in [0.25, 0.3) is 0 Å². The summed E-state index contributed by atoms with van der Waals surface area (Å²) in [5.74, 6) is 0. The van der Waals surface area contributed by atoms with E-state index in [1.807, 2.05) is 36.0 Å². The fraction of sp³-hybridized carbons (Fsp3) is 0.0625. The minimum Gasteiger partial charge on any atom is -0.261 e. The molecule has 20 heavy (non-hydrogen) atoms. The summed E-state index contributed by atoms with van der Waals surface area (Å²) in [6, 6.07) is 10.1. The van der Waals surface area contributed by atoms with Crippen molar-refractivity contribution in [2.45, 2.75) is 6.92 Å². The van der Waals surface area contributed by atoms with Gasteiger partial charge in [-0.05, 0) is 42.3 Å². The molecule has 0 bridgehead atoms. The largest absolute Gasteiger partial charge is 0.261 e. The maximum Gasteiger partial charge on any atom is 0.0842 e. The number of nitrogens with zero attached hydrogens (tertiary/aromatic N) is 4. The molecule has 0 N–H and O–H groups in total. The van der Waals surface area contributed by atoms with Crippen molar-refractivity contribution in [2.75, 3.05) is 0 Å². The first-order chi connectivity index (χ1) is 9.83. The molecule has 0 saturated carbocycles.